The number of hydrogen-bond donors (Lipinski definition) is 1. The summed E-state index contributed by atoms with van der Waals surface area (Å²) in [5.74, 6) is 1.53. The van der Waals surface area contributed by atoms with Gasteiger partial charge in [-0.1, -0.05) is 27.2 Å². The number of hydrogen-bond acceptors (Lipinski definition) is 4. The van der Waals surface area contributed by atoms with Crippen molar-refractivity contribution in [2.75, 3.05) is 5.32 Å². The molecule has 1 aromatic heterocycles. The SMILES string of the molecule is CCCC1CC1Nc1nnc(CC)c(CC)n1. The van der Waals surface area contributed by atoms with Gasteiger partial charge in [-0.25, -0.2) is 4.98 Å². The Morgan fingerprint density at radius 1 is 1.12 bits per heavy atom. The first-order chi connectivity index (χ1) is 8.28. The average molecular weight is 234 g/mol. The molecule has 1 fully saturated rings. The predicted molar refractivity (Wildman–Crippen MR) is 69.0 cm³/mol. The molecule has 0 aliphatic heterocycles. The van der Waals surface area contributed by atoms with E-state index in [0.29, 0.717) is 12.0 Å². The van der Waals surface area contributed by atoms with E-state index in [0.717, 1.165) is 30.1 Å². The van der Waals surface area contributed by atoms with Gasteiger partial charge in [-0.15, -0.1) is 5.10 Å². The van der Waals surface area contributed by atoms with Crippen molar-refractivity contribution in [2.24, 2.45) is 5.92 Å². The summed E-state index contributed by atoms with van der Waals surface area (Å²) < 4.78 is 0. The molecule has 1 aliphatic carbocycles. The second kappa shape index (κ2) is 5.43. The Kier molecular flexibility index (Phi) is 3.92. The zero-order valence-corrected chi connectivity index (χ0v) is 11.0. The number of rotatable bonds is 6. The summed E-state index contributed by atoms with van der Waals surface area (Å²) in [4.78, 5) is 4.55. The van der Waals surface area contributed by atoms with Gasteiger partial charge in [0.2, 0.25) is 5.95 Å². The van der Waals surface area contributed by atoms with Crippen molar-refractivity contribution in [2.45, 2.75) is 58.9 Å². The molecule has 4 heteroatoms. The van der Waals surface area contributed by atoms with E-state index >= 15 is 0 Å². The van der Waals surface area contributed by atoms with Crippen LogP contribution in [0.15, 0.2) is 0 Å². The normalized spacial score (nSPS) is 22.5. The van der Waals surface area contributed by atoms with Crippen molar-refractivity contribution in [3.05, 3.63) is 11.4 Å². The summed E-state index contributed by atoms with van der Waals surface area (Å²) in [6, 6.07) is 0.578. The van der Waals surface area contributed by atoms with Crippen LogP contribution in [0, 0.1) is 5.92 Å². The molecule has 1 N–H and O–H groups in total. The van der Waals surface area contributed by atoms with E-state index in [-0.39, 0.29) is 0 Å². The molecule has 2 atom stereocenters. The van der Waals surface area contributed by atoms with Gasteiger partial charge in [0.15, 0.2) is 0 Å². The molecule has 0 amide bonds. The average Bonchev–Trinajstić information content (AvgIpc) is 3.07. The highest BCUT2D eigenvalue weighted by Gasteiger charge is 2.36. The molecule has 1 aromatic rings. The van der Waals surface area contributed by atoms with Gasteiger partial charge in [-0.05, 0) is 31.6 Å². The summed E-state index contributed by atoms with van der Waals surface area (Å²) in [5, 5.41) is 11.8. The lowest BCUT2D eigenvalue weighted by Gasteiger charge is -2.07. The van der Waals surface area contributed by atoms with Crippen LogP contribution in [0.25, 0.3) is 0 Å². The molecule has 17 heavy (non-hydrogen) atoms. The second-order valence-corrected chi connectivity index (χ2v) is 4.77. The fourth-order valence-electron chi connectivity index (χ4n) is 2.28. The van der Waals surface area contributed by atoms with E-state index in [2.05, 4.69) is 41.3 Å². The van der Waals surface area contributed by atoms with Crippen LogP contribution in [-0.4, -0.2) is 21.2 Å². The lowest BCUT2D eigenvalue weighted by molar-refractivity contribution is 0.689. The van der Waals surface area contributed by atoms with Crippen LogP contribution in [-0.2, 0) is 12.8 Å². The fourth-order valence-corrected chi connectivity index (χ4v) is 2.28. The largest absolute Gasteiger partial charge is 0.350 e. The third kappa shape index (κ3) is 2.93. The fraction of sp³-hybridized carbons (Fsp3) is 0.769. The molecule has 1 aliphatic rings. The monoisotopic (exact) mass is 234 g/mol. The highest BCUT2D eigenvalue weighted by Crippen LogP contribution is 2.36. The van der Waals surface area contributed by atoms with Crippen molar-refractivity contribution in [3.63, 3.8) is 0 Å². The van der Waals surface area contributed by atoms with Crippen LogP contribution in [0.2, 0.25) is 0 Å². The molecular weight excluding hydrogens is 212 g/mol. The third-order valence-electron chi connectivity index (χ3n) is 3.41. The van der Waals surface area contributed by atoms with Crippen molar-refractivity contribution < 1.29 is 0 Å². The summed E-state index contributed by atoms with van der Waals surface area (Å²) in [6.45, 7) is 6.44. The molecule has 1 saturated carbocycles. The molecule has 0 saturated heterocycles. The molecule has 4 nitrogen and oxygen atoms in total. The lowest BCUT2D eigenvalue weighted by Crippen LogP contribution is -2.12. The van der Waals surface area contributed by atoms with E-state index in [1.807, 2.05) is 0 Å². The van der Waals surface area contributed by atoms with Crippen LogP contribution in [0.3, 0.4) is 0 Å². The standard InChI is InChI=1S/C13H22N4/c1-4-7-9-8-12(9)15-13-14-10(5-2)11(6-3)16-17-13/h9,12H,4-8H2,1-3H3,(H,14,15,17). The number of nitrogens with one attached hydrogen (secondary N) is 1. The Morgan fingerprint density at radius 3 is 2.53 bits per heavy atom. The topological polar surface area (TPSA) is 50.7 Å². The molecule has 2 unspecified atom stereocenters. The number of anilines is 1. The van der Waals surface area contributed by atoms with E-state index in [4.69, 9.17) is 0 Å². The quantitative estimate of drug-likeness (QED) is 0.822. The van der Waals surface area contributed by atoms with Gasteiger partial charge in [0.25, 0.3) is 0 Å². The Morgan fingerprint density at radius 2 is 1.88 bits per heavy atom. The number of aromatic nitrogens is 3. The minimum atomic E-state index is 0.578. The lowest BCUT2D eigenvalue weighted by atomic mass is 10.2. The Labute approximate surface area is 103 Å². The molecular formula is C13H22N4. The first kappa shape index (κ1) is 12.3. The minimum Gasteiger partial charge on any atom is -0.350 e. The molecule has 0 radical (unpaired) electrons. The first-order valence-electron chi connectivity index (χ1n) is 6.77. The third-order valence-corrected chi connectivity index (χ3v) is 3.41. The van der Waals surface area contributed by atoms with E-state index in [1.165, 1.54) is 19.3 Å². The van der Waals surface area contributed by atoms with E-state index in [1.54, 1.807) is 0 Å². The van der Waals surface area contributed by atoms with Crippen LogP contribution < -0.4 is 5.32 Å². The summed E-state index contributed by atoms with van der Waals surface area (Å²) in [7, 11) is 0. The van der Waals surface area contributed by atoms with Crippen LogP contribution in [0.1, 0.15) is 51.4 Å². The molecule has 0 bridgehead atoms. The minimum absolute atomic E-state index is 0.578. The van der Waals surface area contributed by atoms with Gasteiger partial charge < -0.3 is 5.32 Å². The van der Waals surface area contributed by atoms with Crippen molar-refractivity contribution in [1.29, 1.82) is 0 Å². The highest BCUT2D eigenvalue weighted by atomic mass is 15.3. The molecule has 1 heterocycles. The van der Waals surface area contributed by atoms with Crippen LogP contribution in [0.4, 0.5) is 5.95 Å². The summed E-state index contributed by atoms with van der Waals surface area (Å²) in [6.07, 6.45) is 5.66. The Balaban J connectivity index is 1.98. The second-order valence-electron chi connectivity index (χ2n) is 4.77. The maximum Gasteiger partial charge on any atom is 0.243 e. The summed E-state index contributed by atoms with van der Waals surface area (Å²) in [5.41, 5.74) is 2.11. The van der Waals surface area contributed by atoms with E-state index < -0.39 is 0 Å². The molecule has 0 aromatic carbocycles. The van der Waals surface area contributed by atoms with Gasteiger partial charge in [0.1, 0.15) is 0 Å². The highest BCUT2D eigenvalue weighted by molar-refractivity contribution is 5.30. The van der Waals surface area contributed by atoms with Gasteiger partial charge in [0.05, 0.1) is 11.4 Å². The predicted octanol–water partition coefficient (Wildman–Crippen LogP) is 2.60. The van der Waals surface area contributed by atoms with Crippen molar-refractivity contribution >= 4 is 5.95 Å². The Bertz CT molecular complexity index is 378. The van der Waals surface area contributed by atoms with Crippen molar-refractivity contribution in [1.82, 2.24) is 15.2 Å². The zero-order chi connectivity index (χ0) is 12.3. The Hall–Kier alpha value is -1.19. The zero-order valence-electron chi connectivity index (χ0n) is 11.0. The maximum absolute atomic E-state index is 4.55. The van der Waals surface area contributed by atoms with Gasteiger partial charge >= 0.3 is 0 Å². The van der Waals surface area contributed by atoms with Gasteiger partial charge in [-0.2, -0.15) is 5.10 Å². The molecule has 2 rings (SSSR count). The van der Waals surface area contributed by atoms with Gasteiger partial charge in [-0.3, -0.25) is 0 Å². The number of aryl methyl sites for hydroxylation is 2. The van der Waals surface area contributed by atoms with Crippen LogP contribution >= 0.6 is 0 Å². The summed E-state index contributed by atoms with van der Waals surface area (Å²) >= 11 is 0. The maximum atomic E-state index is 4.55. The van der Waals surface area contributed by atoms with Crippen molar-refractivity contribution in [3.8, 4) is 0 Å². The molecule has 94 valence electrons. The van der Waals surface area contributed by atoms with E-state index in [9.17, 15) is 0 Å². The van der Waals surface area contributed by atoms with Crippen LogP contribution in [0.5, 0.6) is 0 Å². The van der Waals surface area contributed by atoms with Gasteiger partial charge in [0, 0.05) is 6.04 Å². The molecule has 0 spiro atoms. The first-order valence-corrected chi connectivity index (χ1v) is 6.77. The number of nitrogens with zero attached hydrogens (tertiary/aromatic N) is 3. The smallest absolute Gasteiger partial charge is 0.243 e.